The number of hydrogen-bond donors (Lipinski definition) is 2. The van der Waals surface area contributed by atoms with Crippen LogP contribution in [0.15, 0.2) is 36.7 Å². The second-order valence-electron chi connectivity index (χ2n) is 9.53. The van der Waals surface area contributed by atoms with Gasteiger partial charge in [-0.05, 0) is 25.0 Å². The molecule has 5 rings (SSSR count). The van der Waals surface area contributed by atoms with Crippen LogP contribution in [0.2, 0.25) is 0 Å². The number of nitrogens with zero attached hydrogens (tertiary/aromatic N) is 6. The van der Waals surface area contributed by atoms with E-state index < -0.39 is 0 Å². The van der Waals surface area contributed by atoms with Crippen LogP contribution in [0, 0.1) is 0 Å². The van der Waals surface area contributed by atoms with Crippen LogP contribution in [0.25, 0.3) is 16.8 Å². The Morgan fingerprint density at radius 1 is 1.22 bits per heavy atom. The molecule has 37 heavy (non-hydrogen) atoms. The number of hydrogen-bond acceptors (Lipinski definition) is 8. The number of piperidine rings is 1. The lowest BCUT2D eigenvalue weighted by atomic mass is 9.97. The first-order valence-corrected chi connectivity index (χ1v) is 13.3. The molecule has 4 aromatic rings. The minimum absolute atomic E-state index is 0.0972. The smallest absolute Gasteiger partial charge is 0.257 e. The Bertz CT molecular complexity index is 1440. The summed E-state index contributed by atoms with van der Waals surface area (Å²) in [5, 5.41) is 3.30. The molecule has 0 saturated carbocycles. The summed E-state index contributed by atoms with van der Waals surface area (Å²) in [6, 6.07) is 7.24. The summed E-state index contributed by atoms with van der Waals surface area (Å²) in [6.45, 7) is 7.32. The van der Waals surface area contributed by atoms with Gasteiger partial charge in [0, 0.05) is 66.4 Å². The second-order valence-corrected chi connectivity index (χ2v) is 10.3. The maximum atomic E-state index is 12.8. The normalized spacial score (nSPS) is 15.9. The fourth-order valence-electron chi connectivity index (χ4n) is 4.68. The number of fused-ring (bicyclic) bond motifs is 1. The number of benzene rings is 1. The number of carbonyl (C=O) groups is 2. The van der Waals surface area contributed by atoms with E-state index in [2.05, 4.69) is 19.7 Å². The van der Waals surface area contributed by atoms with Crippen molar-refractivity contribution in [3.8, 4) is 11.3 Å². The number of nitrogens with two attached hydrogens (primary N) is 1. The van der Waals surface area contributed by atoms with Crippen LogP contribution in [0.3, 0.4) is 0 Å². The number of imidazole rings is 1. The average Bonchev–Trinajstić information content (AvgIpc) is 3.54. The van der Waals surface area contributed by atoms with Crippen molar-refractivity contribution in [2.45, 2.75) is 51.9 Å². The maximum absolute atomic E-state index is 12.8. The van der Waals surface area contributed by atoms with Gasteiger partial charge in [0.15, 0.2) is 0 Å². The number of likely N-dealkylation sites (tertiary alicyclic amines) is 1. The Labute approximate surface area is 219 Å². The van der Waals surface area contributed by atoms with Gasteiger partial charge < -0.3 is 10.6 Å². The highest BCUT2D eigenvalue weighted by Crippen LogP contribution is 2.34. The fourth-order valence-corrected chi connectivity index (χ4v) is 5.39. The quantitative estimate of drug-likeness (QED) is 0.388. The van der Waals surface area contributed by atoms with Crippen LogP contribution in [-0.4, -0.2) is 53.5 Å². The van der Waals surface area contributed by atoms with Crippen molar-refractivity contribution < 1.29 is 9.59 Å². The predicted molar refractivity (Wildman–Crippen MR) is 144 cm³/mol. The van der Waals surface area contributed by atoms with E-state index >= 15 is 0 Å². The van der Waals surface area contributed by atoms with E-state index in [1.165, 1.54) is 11.5 Å². The predicted octanol–water partition coefficient (Wildman–Crippen LogP) is 4.32. The highest BCUT2D eigenvalue weighted by atomic mass is 32.1. The lowest BCUT2D eigenvalue weighted by Crippen LogP contribution is -2.39. The molecule has 0 spiro atoms. The lowest BCUT2D eigenvalue weighted by molar-refractivity contribution is -0.132. The van der Waals surface area contributed by atoms with Gasteiger partial charge in [0.05, 0.1) is 0 Å². The molecule has 1 fully saturated rings. The van der Waals surface area contributed by atoms with Gasteiger partial charge in [-0.1, -0.05) is 32.9 Å². The highest BCUT2D eigenvalue weighted by molar-refractivity contribution is 7.09. The van der Waals surface area contributed by atoms with Crippen molar-refractivity contribution in [2.24, 2.45) is 0 Å². The molecule has 1 aromatic carbocycles. The monoisotopic (exact) mass is 518 g/mol. The largest absolute Gasteiger partial charge is 0.382 e. The van der Waals surface area contributed by atoms with E-state index in [1.54, 1.807) is 18.3 Å². The highest BCUT2D eigenvalue weighted by Gasteiger charge is 2.29. The SMILES string of the molecule is CCC(=O)N1CCC[C@@H](c2nc(-c3ccc(C(=O)Nc4nc(C(C)C)ns4)cc3)c3c(N)nccn23)C1. The maximum Gasteiger partial charge on any atom is 0.257 e. The molecular weight excluding hydrogens is 488 g/mol. The molecule has 11 heteroatoms. The van der Waals surface area contributed by atoms with Crippen LogP contribution in [-0.2, 0) is 4.79 Å². The van der Waals surface area contributed by atoms with Gasteiger partial charge in [-0.15, -0.1) is 0 Å². The summed E-state index contributed by atoms with van der Waals surface area (Å²) in [7, 11) is 0. The summed E-state index contributed by atoms with van der Waals surface area (Å²) in [6.07, 6.45) is 5.90. The molecule has 1 saturated heterocycles. The van der Waals surface area contributed by atoms with Gasteiger partial charge in [-0.25, -0.2) is 15.0 Å². The second kappa shape index (κ2) is 10.3. The Hall–Kier alpha value is -3.86. The first kappa shape index (κ1) is 24.8. The van der Waals surface area contributed by atoms with Crippen molar-refractivity contribution in [1.29, 1.82) is 0 Å². The third-order valence-electron chi connectivity index (χ3n) is 6.65. The van der Waals surface area contributed by atoms with Crippen LogP contribution in [0.5, 0.6) is 0 Å². The molecule has 2 amide bonds. The first-order chi connectivity index (χ1) is 17.9. The van der Waals surface area contributed by atoms with Crippen molar-refractivity contribution in [1.82, 2.24) is 28.6 Å². The molecule has 0 aliphatic carbocycles. The molecule has 3 aromatic heterocycles. The van der Waals surface area contributed by atoms with E-state index in [9.17, 15) is 9.59 Å². The molecule has 192 valence electrons. The zero-order valence-corrected chi connectivity index (χ0v) is 22.0. The Kier molecular flexibility index (Phi) is 6.88. The Morgan fingerprint density at radius 3 is 2.70 bits per heavy atom. The van der Waals surface area contributed by atoms with Crippen LogP contribution in [0.4, 0.5) is 10.9 Å². The molecule has 0 bridgehead atoms. The molecule has 0 radical (unpaired) electrons. The standard InChI is InChI=1S/C26H30N8O2S/c1-4-19(35)33-12-5-6-18(14-33)24-29-20(21-22(27)28-11-13-34(21)24)16-7-9-17(10-8-16)25(36)31-26-30-23(15(2)3)32-37-26/h7-11,13,15,18H,4-6,12,14H2,1-3H3,(H2,27,28)(H,30,31,32,36)/t18-/m1/s1. The topological polar surface area (TPSA) is 131 Å². The number of amides is 2. The van der Waals surface area contributed by atoms with Crippen LogP contribution in [0.1, 0.15) is 73.9 Å². The zero-order chi connectivity index (χ0) is 26.1. The summed E-state index contributed by atoms with van der Waals surface area (Å²) >= 11 is 1.17. The molecule has 0 unspecified atom stereocenters. The third-order valence-corrected chi connectivity index (χ3v) is 7.30. The van der Waals surface area contributed by atoms with Gasteiger partial charge in [0.2, 0.25) is 11.0 Å². The molecular formula is C26H30N8O2S. The average molecular weight is 519 g/mol. The van der Waals surface area contributed by atoms with Gasteiger partial charge >= 0.3 is 0 Å². The Balaban J connectivity index is 1.43. The number of nitrogens with one attached hydrogen (secondary N) is 1. The molecule has 1 aliphatic rings. The number of carbonyl (C=O) groups excluding carboxylic acids is 2. The molecule has 3 N–H and O–H groups in total. The van der Waals surface area contributed by atoms with Crippen molar-refractivity contribution in [3.05, 3.63) is 53.9 Å². The summed E-state index contributed by atoms with van der Waals surface area (Å²) in [5.41, 5.74) is 9.07. The van der Waals surface area contributed by atoms with E-state index in [0.29, 0.717) is 41.0 Å². The molecule has 1 atom stereocenters. The Morgan fingerprint density at radius 2 is 2.00 bits per heavy atom. The van der Waals surface area contributed by atoms with Crippen LogP contribution >= 0.6 is 11.5 Å². The summed E-state index contributed by atoms with van der Waals surface area (Å²) in [5.74, 6) is 2.16. The first-order valence-electron chi connectivity index (χ1n) is 12.5. The lowest BCUT2D eigenvalue weighted by Gasteiger charge is -2.32. The summed E-state index contributed by atoms with van der Waals surface area (Å²) in [4.78, 5) is 40.7. The fraction of sp³-hybridized carbons (Fsp3) is 0.385. The summed E-state index contributed by atoms with van der Waals surface area (Å²) < 4.78 is 6.27. The van der Waals surface area contributed by atoms with E-state index in [1.807, 2.05) is 48.4 Å². The van der Waals surface area contributed by atoms with Crippen LogP contribution < -0.4 is 11.1 Å². The van der Waals surface area contributed by atoms with Gasteiger partial charge in [0.25, 0.3) is 5.91 Å². The van der Waals surface area contributed by atoms with Gasteiger partial charge in [-0.2, -0.15) is 4.37 Å². The zero-order valence-electron chi connectivity index (χ0n) is 21.1. The van der Waals surface area contributed by atoms with Gasteiger partial charge in [-0.3, -0.25) is 19.3 Å². The molecule has 1 aliphatic heterocycles. The van der Waals surface area contributed by atoms with Crippen molar-refractivity contribution >= 4 is 39.8 Å². The van der Waals surface area contributed by atoms with E-state index in [4.69, 9.17) is 10.7 Å². The third kappa shape index (κ3) is 4.91. The number of rotatable bonds is 6. The number of aromatic nitrogens is 5. The van der Waals surface area contributed by atoms with E-state index in [-0.39, 0.29) is 23.7 Å². The van der Waals surface area contributed by atoms with E-state index in [0.717, 1.165) is 36.3 Å². The number of nitrogen functional groups attached to an aromatic ring is 1. The number of anilines is 2. The van der Waals surface area contributed by atoms with Crippen molar-refractivity contribution in [3.63, 3.8) is 0 Å². The minimum Gasteiger partial charge on any atom is -0.382 e. The molecule has 10 nitrogen and oxygen atoms in total. The van der Waals surface area contributed by atoms with Gasteiger partial charge in [0.1, 0.15) is 28.7 Å². The van der Waals surface area contributed by atoms with Crippen molar-refractivity contribution in [2.75, 3.05) is 24.1 Å². The molecule has 4 heterocycles. The minimum atomic E-state index is -0.252.